The van der Waals surface area contributed by atoms with Crippen LogP contribution in [0.5, 0.6) is 0 Å². The molecule has 72 valence electrons. The van der Waals surface area contributed by atoms with Crippen LogP contribution in [0.1, 0.15) is 6.42 Å². The van der Waals surface area contributed by atoms with Crippen molar-refractivity contribution in [3.63, 3.8) is 0 Å². The van der Waals surface area contributed by atoms with E-state index in [1.165, 1.54) is 0 Å². The molecular weight excluding hydrogens is 168 g/mol. The Balaban J connectivity index is 2.12. The van der Waals surface area contributed by atoms with Gasteiger partial charge in [-0.1, -0.05) is 5.92 Å². The summed E-state index contributed by atoms with van der Waals surface area (Å²) in [6.45, 7) is 4.40. The first-order chi connectivity index (χ1) is 6.29. The summed E-state index contributed by atoms with van der Waals surface area (Å²) >= 11 is 0. The van der Waals surface area contributed by atoms with E-state index in [0.717, 1.165) is 32.8 Å². The van der Waals surface area contributed by atoms with E-state index in [1.54, 1.807) is 0 Å². The van der Waals surface area contributed by atoms with E-state index < -0.39 is 5.91 Å². The normalized spacial score (nSPS) is 17.5. The highest BCUT2D eigenvalue weighted by molar-refractivity contribution is 5.91. The number of morpholine rings is 1. The van der Waals surface area contributed by atoms with Crippen LogP contribution in [0, 0.1) is 11.8 Å². The first-order valence-electron chi connectivity index (χ1n) is 4.37. The van der Waals surface area contributed by atoms with E-state index in [1.807, 2.05) is 0 Å². The lowest BCUT2D eigenvalue weighted by molar-refractivity contribution is -0.112. The number of ether oxygens (including phenoxy) is 1. The summed E-state index contributed by atoms with van der Waals surface area (Å²) < 4.78 is 5.19. The first kappa shape index (κ1) is 10.0. The number of rotatable bonds is 2. The van der Waals surface area contributed by atoms with Crippen molar-refractivity contribution in [3.05, 3.63) is 0 Å². The average Bonchev–Trinajstić information content (AvgIpc) is 2.14. The Morgan fingerprint density at radius 2 is 2.15 bits per heavy atom. The van der Waals surface area contributed by atoms with Gasteiger partial charge in [-0.05, 0) is 5.92 Å². The summed E-state index contributed by atoms with van der Waals surface area (Å²) in [4.78, 5) is 12.5. The molecule has 1 heterocycles. The Kier molecular flexibility index (Phi) is 4.30. The number of hydrogen-bond acceptors (Lipinski definition) is 3. The number of hydrogen-bond donors (Lipinski definition) is 1. The van der Waals surface area contributed by atoms with Crippen LogP contribution < -0.4 is 5.73 Å². The zero-order valence-corrected chi connectivity index (χ0v) is 7.58. The molecule has 0 aliphatic carbocycles. The molecular formula is C9H14N2O2. The van der Waals surface area contributed by atoms with Crippen molar-refractivity contribution in [1.82, 2.24) is 4.90 Å². The molecule has 0 aromatic rings. The molecule has 1 aliphatic rings. The van der Waals surface area contributed by atoms with Crippen molar-refractivity contribution < 1.29 is 9.53 Å². The molecule has 13 heavy (non-hydrogen) atoms. The zero-order chi connectivity index (χ0) is 9.52. The summed E-state index contributed by atoms with van der Waals surface area (Å²) in [5.74, 6) is 4.49. The van der Waals surface area contributed by atoms with Crippen LogP contribution in [0.4, 0.5) is 0 Å². The van der Waals surface area contributed by atoms with Crippen LogP contribution >= 0.6 is 0 Å². The Labute approximate surface area is 78.0 Å². The summed E-state index contributed by atoms with van der Waals surface area (Å²) in [5, 5.41) is 0. The molecule has 0 unspecified atom stereocenters. The van der Waals surface area contributed by atoms with E-state index in [2.05, 4.69) is 16.7 Å². The molecule has 0 aromatic carbocycles. The number of amides is 1. The summed E-state index contributed by atoms with van der Waals surface area (Å²) in [6.07, 6.45) is 0.697. The van der Waals surface area contributed by atoms with E-state index >= 15 is 0 Å². The van der Waals surface area contributed by atoms with Crippen LogP contribution in [-0.2, 0) is 9.53 Å². The number of primary amides is 1. The van der Waals surface area contributed by atoms with Crippen LogP contribution in [0.15, 0.2) is 0 Å². The lowest BCUT2D eigenvalue weighted by Gasteiger charge is -2.25. The maximum Gasteiger partial charge on any atom is 0.293 e. The van der Waals surface area contributed by atoms with Gasteiger partial charge in [0.25, 0.3) is 5.91 Å². The Morgan fingerprint density at radius 1 is 1.46 bits per heavy atom. The van der Waals surface area contributed by atoms with E-state index in [4.69, 9.17) is 10.5 Å². The van der Waals surface area contributed by atoms with Gasteiger partial charge < -0.3 is 10.5 Å². The number of carbonyl (C=O) groups is 1. The number of carbonyl (C=O) groups excluding carboxylic acids is 1. The van der Waals surface area contributed by atoms with Gasteiger partial charge in [0, 0.05) is 26.1 Å². The van der Waals surface area contributed by atoms with Gasteiger partial charge in [0.1, 0.15) is 0 Å². The second-order valence-electron chi connectivity index (χ2n) is 2.87. The third-order valence-corrected chi connectivity index (χ3v) is 1.87. The second kappa shape index (κ2) is 5.57. The van der Waals surface area contributed by atoms with Crippen molar-refractivity contribution >= 4 is 5.91 Å². The van der Waals surface area contributed by atoms with Crippen LogP contribution in [0.2, 0.25) is 0 Å². The van der Waals surface area contributed by atoms with Crippen molar-refractivity contribution in [2.24, 2.45) is 5.73 Å². The highest BCUT2D eigenvalue weighted by Crippen LogP contribution is 1.96. The van der Waals surface area contributed by atoms with Crippen molar-refractivity contribution in [2.45, 2.75) is 6.42 Å². The Bertz CT molecular complexity index is 224. The van der Waals surface area contributed by atoms with Gasteiger partial charge in [-0.2, -0.15) is 0 Å². The molecule has 4 nitrogen and oxygen atoms in total. The lowest BCUT2D eigenvalue weighted by atomic mass is 10.3. The van der Waals surface area contributed by atoms with Crippen LogP contribution in [0.3, 0.4) is 0 Å². The van der Waals surface area contributed by atoms with Gasteiger partial charge in [0.2, 0.25) is 0 Å². The fraction of sp³-hybridized carbons (Fsp3) is 0.667. The fourth-order valence-electron chi connectivity index (χ4n) is 1.19. The van der Waals surface area contributed by atoms with E-state index in [0.29, 0.717) is 6.42 Å². The summed E-state index contributed by atoms with van der Waals surface area (Å²) in [7, 11) is 0. The van der Waals surface area contributed by atoms with E-state index in [-0.39, 0.29) is 0 Å². The SMILES string of the molecule is NC(=O)C#CCCN1CCOCC1. The molecule has 1 saturated heterocycles. The maximum absolute atomic E-state index is 10.3. The average molecular weight is 182 g/mol. The second-order valence-corrected chi connectivity index (χ2v) is 2.87. The summed E-state index contributed by atoms with van der Waals surface area (Å²) in [6, 6.07) is 0. The molecule has 0 bridgehead atoms. The molecule has 1 rings (SSSR count). The Hall–Kier alpha value is -1.05. The predicted octanol–water partition coefficient (Wildman–Crippen LogP) is -0.803. The zero-order valence-electron chi connectivity index (χ0n) is 7.58. The molecule has 4 heteroatoms. The molecule has 0 atom stereocenters. The molecule has 1 fully saturated rings. The minimum absolute atomic E-state index is 0.554. The minimum Gasteiger partial charge on any atom is -0.379 e. The molecule has 0 spiro atoms. The Morgan fingerprint density at radius 3 is 2.77 bits per heavy atom. The van der Waals surface area contributed by atoms with Gasteiger partial charge in [-0.15, -0.1) is 0 Å². The third-order valence-electron chi connectivity index (χ3n) is 1.87. The van der Waals surface area contributed by atoms with Gasteiger partial charge in [0.05, 0.1) is 13.2 Å². The summed E-state index contributed by atoms with van der Waals surface area (Å²) in [5.41, 5.74) is 4.87. The molecule has 2 N–H and O–H groups in total. The molecule has 0 saturated carbocycles. The first-order valence-corrected chi connectivity index (χ1v) is 4.37. The van der Waals surface area contributed by atoms with Gasteiger partial charge in [0.15, 0.2) is 0 Å². The minimum atomic E-state index is -0.554. The quantitative estimate of drug-likeness (QED) is 0.569. The third kappa shape index (κ3) is 4.51. The van der Waals surface area contributed by atoms with Crippen molar-refractivity contribution in [1.29, 1.82) is 0 Å². The standard InChI is InChI=1S/C9H14N2O2/c10-9(12)3-1-2-4-11-5-7-13-8-6-11/h2,4-8H2,(H2,10,12). The van der Waals surface area contributed by atoms with Gasteiger partial charge in [-0.3, -0.25) is 9.69 Å². The largest absolute Gasteiger partial charge is 0.379 e. The fourth-order valence-corrected chi connectivity index (χ4v) is 1.19. The van der Waals surface area contributed by atoms with Crippen LogP contribution in [0.25, 0.3) is 0 Å². The topological polar surface area (TPSA) is 55.6 Å². The van der Waals surface area contributed by atoms with E-state index in [9.17, 15) is 4.79 Å². The highest BCUT2D eigenvalue weighted by Gasteiger charge is 2.08. The predicted molar refractivity (Wildman–Crippen MR) is 48.8 cm³/mol. The maximum atomic E-state index is 10.3. The van der Waals surface area contributed by atoms with Crippen LogP contribution in [-0.4, -0.2) is 43.7 Å². The van der Waals surface area contributed by atoms with Crippen molar-refractivity contribution in [3.8, 4) is 11.8 Å². The highest BCUT2D eigenvalue weighted by atomic mass is 16.5. The molecule has 0 radical (unpaired) electrons. The number of nitrogens with two attached hydrogens (primary N) is 1. The van der Waals surface area contributed by atoms with Crippen molar-refractivity contribution in [2.75, 3.05) is 32.8 Å². The lowest BCUT2D eigenvalue weighted by Crippen LogP contribution is -2.36. The monoisotopic (exact) mass is 182 g/mol. The molecule has 1 amide bonds. The van der Waals surface area contributed by atoms with Gasteiger partial charge in [-0.25, -0.2) is 0 Å². The number of nitrogens with zero attached hydrogens (tertiary/aromatic N) is 1. The van der Waals surface area contributed by atoms with Gasteiger partial charge >= 0.3 is 0 Å². The smallest absolute Gasteiger partial charge is 0.293 e. The molecule has 1 aliphatic heterocycles. The molecule has 0 aromatic heterocycles.